The van der Waals surface area contributed by atoms with Gasteiger partial charge in [0.2, 0.25) is 0 Å². The first-order valence-corrected chi connectivity index (χ1v) is 4.84. The summed E-state index contributed by atoms with van der Waals surface area (Å²) in [6.45, 7) is 1.72. The molecule has 16 heavy (non-hydrogen) atoms. The molecule has 0 saturated carbocycles. The highest BCUT2D eigenvalue weighted by Gasteiger charge is 2.39. The Morgan fingerprint density at radius 2 is 1.94 bits per heavy atom. The van der Waals surface area contributed by atoms with E-state index in [1.54, 1.807) is 6.92 Å². The number of carbonyl (C=O) groups is 2. The second-order valence-electron chi connectivity index (χ2n) is 3.78. The third-order valence-electron chi connectivity index (χ3n) is 2.56. The van der Waals surface area contributed by atoms with Gasteiger partial charge in [0.25, 0.3) is 5.91 Å². The first-order valence-electron chi connectivity index (χ1n) is 4.84. The zero-order chi connectivity index (χ0) is 11.8. The van der Waals surface area contributed by atoms with Gasteiger partial charge in [0.05, 0.1) is 0 Å². The molecule has 1 aliphatic heterocycles. The minimum atomic E-state index is -0.900. The predicted molar refractivity (Wildman–Crippen MR) is 57.2 cm³/mol. The van der Waals surface area contributed by atoms with E-state index in [1.807, 2.05) is 30.3 Å². The molecule has 0 saturated heterocycles. The molecular weight excluding hydrogens is 206 g/mol. The number of hydrogen-bond acceptors (Lipinski definition) is 3. The highest BCUT2D eigenvalue weighted by Crippen LogP contribution is 2.33. The Morgan fingerprint density at radius 1 is 1.31 bits per heavy atom. The van der Waals surface area contributed by atoms with E-state index in [9.17, 15) is 9.59 Å². The van der Waals surface area contributed by atoms with Gasteiger partial charge in [0, 0.05) is 0 Å². The molecule has 1 amide bonds. The van der Waals surface area contributed by atoms with Crippen LogP contribution < -0.4 is 5.73 Å². The molecule has 0 bridgehead atoms. The van der Waals surface area contributed by atoms with Crippen LogP contribution in [0, 0.1) is 0 Å². The van der Waals surface area contributed by atoms with Crippen molar-refractivity contribution in [2.45, 2.75) is 12.5 Å². The van der Waals surface area contributed by atoms with Crippen LogP contribution in [0.5, 0.6) is 0 Å². The molecule has 1 aromatic carbocycles. The fourth-order valence-corrected chi connectivity index (χ4v) is 1.69. The Bertz CT molecular complexity index is 478. The highest BCUT2D eigenvalue weighted by atomic mass is 16.6. The summed E-state index contributed by atoms with van der Waals surface area (Å²) in [5.74, 6) is -1.43. The summed E-state index contributed by atoms with van der Waals surface area (Å²) in [5, 5.41) is 0. The van der Waals surface area contributed by atoms with Crippen molar-refractivity contribution < 1.29 is 14.3 Å². The summed E-state index contributed by atoms with van der Waals surface area (Å²) in [7, 11) is 0. The van der Waals surface area contributed by atoms with E-state index < -0.39 is 17.5 Å². The lowest BCUT2D eigenvalue weighted by atomic mass is 9.95. The Labute approximate surface area is 92.7 Å². The summed E-state index contributed by atoms with van der Waals surface area (Å²) in [4.78, 5) is 22.4. The second kappa shape index (κ2) is 3.48. The van der Waals surface area contributed by atoms with Gasteiger partial charge in [-0.25, -0.2) is 4.79 Å². The van der Waals surface area contributed by atoms with Crippen molar-refractivity contribution in [2.24, 2.45) is 5.73 Å². The van der Waals surface area contributed by atoms with Crippen LogP contribution in [0.1, 0.15) is 12.5 Å². The van der Waals surface area contributed by atoms with Crippen LogP contribution in [0.4, 0.5) is 0 Å². The Balaban J connectivity index is 2.44. The van der Waals surface area contributed by atoms with Gasteiger partial charge in [-0.3, -0.25) is 4.79 Å². The van der Waals surface area contributed by atoms with Gasteiger partial charge < -0.3 is 10.5 Å². The first kappa shape index (κ1) is 10.4. The molecule has 1 unspecified atom stereocenters. The third kappa shape index (κ3) is 1.58. The lowest BCUT2D eigenvalue weighted by Crippen LogP contribution is -2.21. The van der Waals surface area contributed by atoms with Gasteiger partial charge >= 0.3 is 5.97 Å². The smallest absolute Gasteiger partial charge is 0.344 e. The topological polar surface area (TPSA) is 69.4 Å². The van der Waals surface area contributed by atoms with Crippen molar-refractivity contribution >= 4 is 11.9 Å². The van der Waals surface area contributed by atoms with Crippen LogP contribution in [0.2, 0.25) is 0 Å². The molecule has 1 aromatic rings. The number of rotatable bonds is 2. The van der Waals surface area contributed by atoms with Crippen molar-refractivity contribution in [3.05, 3.63) is 47.5 Å². The van der Waals surface area contributed by atoms with Gasteiger partial charge in [-0.2, -0.15) is 0 Å². The number of ether oxygens (including phenoxy) is 1. The van der Waals surface area contributed by atoms with Crippen molar-refractivity contribution in [2.75, 3.05) is 0 Å². The van der Waals surface area contributed by atoms with E-state index in [-0.39, 0.29) is 5.57 Å². The number of carbonyl (C=O) groups excluding carboxylic acids is 2. The summed E-state index contributed by atoms with van der Waals surface area (Å²) < 4.78 is 5.18. The van der Waals surface area contributed by atoms with Crippen LogP contribution in [-0.2, 0) is 19.9 Å². The number of amides is 1. The molecule has 2 N–H and O–H groups in total. The van der Waals surface area contributed by atoms with Gasteiger partial charge in [-0.15, -0.1) is 0 Å². The Kier molecular flexibility index (Phi) is 2.27. The highest BCUT2D eigenvalue weighted by molar-refractivity contribution is 6.17. The van der Waals surface area contributed by atoms with E-state index in [2.05, 4.69) is 0 Å². The predicted octanol–water partition coefficient (Wildman–Crippen LogP) is 0.870. The van der Waals surface area contributed by atoms with Gasteiger partial charge in [0.15, 0.2) is 5.60 Å². The van der Waals surface area contributed by atoms with E-state index >= 15 is 0 Å². The van der Waals surface area contributed by atoms with Crippen LogP contribution >= 0.6 is 0 Å². The number of esters is 1. The molecule has 0 aliphatic carbocycles. The third-order valence-corrected chi connectivity index (χ3v) is 2.56. The monoisotopic (exact) mass is 217 g/mol. The van der Waals surface area contributed by atoms with Crippen LogP contribution in [0.25, 0.3) is 0 Å². The maximum atomic E-state index is 11.4. The lowest BCUT2D eigenvalue weighted by molar-refractivity contribution is -0.146. The lowest BCUT2D eigenvalue weighted by Gasteiger charge is -2.21. The molecule has 0 aromatic heterocycles. The fraction of sp³-hybridized carbons (Fsp3) is 0.167. The zero-order valence-corrected chi connectivity index (χ0v) is 8.77. The minimum Gasteiger partial charge on any atom is -0.446 e. The molecule has 1 heterocycles. The zero-order valence-electron chi connectivity index (χ0n) is 8.77. The van der Waals surface area contributed by atoms with Gasteiger partial charge in [-0.05, 0) is 18.6 Å². The molecule has 0 spiro atoms. The molecule has 82 valence electrons. The minimum absolute atomic E-state index is 0.0913. The van der Waals surface area contributed by atoms with Crippen LogP contribution in [0.3, 0.4) is 0 Å². The number of primary amides is 1. The number of nitrogens with two attached hydrogens (primary N) is 1. The molecule has 1 aliphatic rings. The molecule has 4 nitrogen and oxygen atoms in total. The molecular formula is C12H11NO3. The van der Waals surface area contributed by atoms with Gasteiger partial charge in [-0.1, -0.05) is 30.3 Å². The summed E-state index contributed by atoms with van der Waals surface area (Å²) in [6, 6.07) is 9.19. The van der Waals surface area contributed by atoms with E-state index in [1.165, 1.54) is 6.08 Å². The van der Waals surface area contributed by atoms with Crippen LogP contribution in [-0.4, -0.2) is 11.9 Å². The maximum absolute atomic E-state index is 11.4. The molecule has 0 fully saturated rings. The normalized spacial score (nSPS) is 23.8. The molecule has 1 atom stereocenters. The quantitative estimate of drug-likeness (QED) is 0.590. The number of hydrogen-bond donors (Lipinski definition) is 1. The van der Waals surface area contributed by atoms with E-state index in [4.69, 9.17) is 10.5 Å². The van der Waals surface area contributed by atoms with Crippen molar-refractivity contribution in [1.82, 2.24) is 0 Å². The standard InChI is InChI=1S/C12H11NO3/c1-12(8-5-3-2-4-6-8)7-9(10(13)14)11(15)16-12/h2-7H,1H3,(H2,13,14). The van der Waals surface area contributed by atoms with Crippen LogP contribution in [0.15, 0.2) is 42.0 Å². The second-order valence-corrected chi connectivity index (χ2v) is 3.78. The Hall–Kier alpha value is -2.10. The fourth-order valence-electron chi connectivity index (χ4n) is 1.69. The SMILES string of the molecule is CC1(c2ccccc2)C=C(C(N)=O)C(=O)O1. The van der Waals surface area contributed by atoms with E-state index in [0.717, 1.165) is 5.56 Å². The number of benzene rings is 1. The average molecular weight is 217 g/mol. The Morgan fingerprint density at radius 3 is 2.44 bits per heavy atom. The molecule has 4 heteroatoms. The number of cyclic esters (lactones) is 1. The maximum Gasteiger partial charge on any atom is 0.344 e. The summed E-state index contributed by atoms with van der Waals surface area (Å²) in [5.41, 5.74) is 4.89. The van der Waals surface area contributed by atoms with Gasteiger partial charge in [0.1, 0.15) is 5.57 Å². The summed E-state index contributed by atoms with van der Waals surface area (Å²) >= 11 is 0. The van der Waals surface area contributed by atoms with E-state index in [0.29, 0.717) is 0 Å². The summed E-state index contributed by atoms with van der Waals surface area (Å²) in [6.07, 6.45) is 1.47. The molecule has 2 rings (SSSR count). The first-order chi connectivity index (χ1) is 7.53. The largest absolute Gasteiger partial charge is 0.446 e. The average Bonchev–Trinajstić information content (AvgIpc) is 2.57. The van der Waals surface area contributed by atoms with Crippen molar-refractivity contribution in [3.63, 3.8) is 0 Å². The van der Waals surface area contributed by atoms with Crippen molar-refractivity contribution in [1.29, 1.82) is 0 Å². The molecule has 0 radical (unpaired) electrons. The van der Waals surface area contributed by atoms with Crippen molar-refractivity contribution in [3.8, 4) is 0 Å².